The van der Waals surface area contributed by atoms with Crippen LogP contribution in [-0.2, 0) is 6.18 Å². The van der Waals surface area contributed by atoms with Gasteiger partial charge in [-0.25, -0.2) is 9.18 Å². The van der Waals surface area contributed by atoms with Gasteiger partial charge in [-0.15, -0.1) is 0 Å². The molecule has 1 saturated carbocycles. The monoisotopic (exact) mass is 427 g/mol. The van der Waals surface area contributed by atoms with Crippen LogP contribution in [0.3, 0.4) is 0 Å². The van der Waals surface area contributed by atoms with Crippen LogP contribution in [-0.4, -0.2) is 34.8 Å². The van der Waals surface area contributed by atoms with Gasteiger partial charge in [0.15, 0.2) is 0 Å². The molecule has 2 heterocycles. The Kier molecular flexibility index (Phi) is 4.80. The number of anilines is 1. The number of nitrogens with two attached hydrogens (primary N) is 1. The summed E-state index contributed by atoms with van der Waals surface area (Å²) in [5.41, 5.74) is 1.79. The van der Waals surface area contributed by atoms with Gasteiger partial charge >= 0.3 is 12.1 Å². The summed E-state index contributed by atoms with van der Waals surface area (Å²) in [6.07, 6.45) is -2.36. The number of aromatic nitrogens is 1. The molecule has 2 fully saturated rings. The van der Waals surface area contributed by atoms with Crippen LogP contribution < -0.4 is 16.1 Å². The van der Waals surface area contributed by atoms with E-state index in [2.05, 4.69) is 0 Å². The van der Waals surface area contributed by atoms with Crippen molar-refractivity contribution < 1.29 is 27.5 Å². The maximum atomic E-state index is 15.1. The number of rotatable bonds is 4. The molecule has 1 aromatic carbocycles. The minimum absolute atomic E-state index is 0.0822. The number of halogens is 4. The summed E-state index contributed by atoms with van der Waals surface area (Å²) in [5.74, 6) is -2.84. The first-order valence-corrected chi connectivity index (χ1v) is 9.73. The molecule has 1 aliphatic heterocycles. The van der Waals surface area contributed by atoms with Crippen LogP contribution in [0.15, 0.2) is 17.1 Å². The molecular weight excluding hydrogens is 406 g/mol. The van der Waals surface area contributed by atoms with E-state index in [9.17, 15) is 27.9 Å². The van der Waals surface area contributed by atoms with E-state index in [0.717, 1.165) is 12.3 Å². The Morgan fingerprint density at radius 3 is 2.47 bits per heavy atom. The minimum atomic E-state index is -4.95. The molecule has 30 heavy (non-hydrogen) atoms. The fourth-order valence-electron chi connectivity index (χ4n) is 4.27. The summed E-state index contributed by atoms with van der Waals surface area (Å²) in [5, 5.41) is 8.74. The lowest BCUT2D eigenvalue weighted by molar-refractivity contribution is -0.136. The summed E-state index contributed by atoms with van der Waals surface area (Å²) in [6, 6.07) is 0.129. The number of alkyl halides is 3. The van der Waals surface area contributed by atoms with Crippen molar-refractivity contribution in [3.05, 3.63) is 39.4 Å². The lowest BCUT2D eigenvalue weighted by atomic mass is 10.0. The molecule has 3 N–H and O–H groups in total. The van der Waals surface area contributed by atoms with Gasteiger partial charge in [-0.3, -0.25) is 4.79 Å². The molecule has 1 saturated heterocycles. The van der Waals surface area contributed by atoms with Crippen LogP contribution in [0.4, 0.5) is 23.2 Å². The first-order valence-electron chi connectivity index (χ1n) is 9.73. The first-order chi connectivity index (χ1) is 14.0. The van der Waals surface area contributed by atoms with Gasteiger partial charge in [-0.2, -0.15) is 13.2 Å². The summed E-state index contributed by atoms with van der Waals surface area (Å²) in [4.78, 5) is 25.4. The van der Waals surface area contributed by atoms with Gasteiger partial charge in [0, 0.05) is 31.4 Å². The standard InChI is InChI=1S/C20H21F4N3O3/c1-9(25)10-4-5-26(7-10)17-14(21)6-12-16(15(17)20(22,23)24)27(11-2-3-11)8-13(18(12)28)19(29)30/h6,8-11H,2-5,7,25H2,1H3,(H,29,30)/t9-,10+/m0/s1. The topological polar surface area (TPSA) is 88.6 Å². The van der Waals surface area contributed by atoms with E-state index in [0.29, 0.717) is 19.3 Å². The lowest BCUT2D eigenvalue weighted by Gasteiger charge is -2.27. The molecule has 0 unspecified atom stereocenters. The Balaban J connectivity index is 2.06. The van der Waals surface area contributed by atoms with Crippen LogP contribution in [0.5, 0.6) is 0 Å². The normalized spacial score (nSPS) is 20.7. The number of hydrogen-bond donors (Lipinski definition) is 2. The van der Waals surface area contributed by atoms with Crippen molar-refractivity contribution >= 4 is 22.6 Å². The van der Waals surface area contributed by atoms with E-state index in [4.69, 9.17) is 5.73 Å². The van der Waals surface area contributed by atoms with Crippen molar-refractivity contribution in [1.82, 2.24) is 4.57 Å². The number of carbonyl (C=O) groups is 1. The molecule has 2 aliphatic rings. The van der Waals surface area contributed by atoms with E-state index in [-0.39, 0.29) is 31.1 Å². The lowest BCUT2D eigenvalue weighted by Crippen LogP contribution is -2.31. The van der Waals surface area contributed by atoms with Gasteiger partial charge in [0.25, 0.3) is 0 Å². The zero-order valence-electron chi connectivity index (χ0n) is 16.2. The smallest absolute Gasteiger partial charge is 0.420 e. The zero-order chi connectivity index (χ0) is 22.0. The SMILES string of the molecule is C[C@H](N)[C@@H]1CCN(c2c(F)cc3c(=O)c(C(=O)O)cn(C4CC4)c3c2C(F)(F)F)C1. The van der Waals surface area contributed by atoms with Crippen molar-refractivity contribution in [2.75, 3.05) is 18.0 Å². The van der Waals surface area contributed by atoms with Crippen molar-refractivity contribution in [1.29, 1.82) is 0 Å². The van der Waals surface area contributed by atoms with Gasteiger partial charge in [-0.05, 0) is 38.2 Å². The third-order valence-electron chi connectivity index (χ3n) is 5.98. The van der Waals surface area contributed by atoms with Gasteiger partial charge in [0.1, 0.15) is 16.9 Å². The zero-order valence-corrected chi connectivity index (χ0v) is 16.2. The number of nitrogens with zero attached hydrogens (tertiary/aromatic N) is 2. The summed E-state index contributed by atoms with van der Waals surface area (Å²) >= 11 is 0. The van der Waals surface area contributed by atoms with Gasteiger partial charge in [0.05, 0.1) is 16.6 Å². The molecule has 0 spiro atoms. The van der Waals surface area contributed by atoms with E-state index >= 15 is 4.39 Å². The molecule has 0 bridgehead atoms. The Morgan fingerprint density at radius 1 is 1.30 bits per heavy atom. The molecule has 0 radical (unpaired) electrons. The number of aromatic carboxylic acids is 1. The third-order valence-corrected chi connectivity index (χ3v) is 5.98. The maximum Gasteiger partial charge on any atom is 0.420 e. The van der Waals surface area contributed by atoms with Crippen LogP contribution in [0.2, 0.25) is 0 Å². The second-order valence-electron chi connectivity index (χ2n) is 8.15. The molecule has 1 aromatic heterocycles. The number of carboxylic acids is 1. The minimum Gasteiger partial charge on any atom is -0.477 e. The molecule has 162 valence electrons. The molecule has 0 amide bonds. The highest BCUT2D eigenvalue weighted by molar-refractivity contribution is 5.95. The largest absolute Gasteiger partial charge is 0.477 e. The summed E-state index contributed by atoms with van der Waals surface area (Å²) in [7, 11) is 0. The van der Waals surface area contributed by atoms with E-state index in [1.807, 2.05) is 0 Å². The van der Waals surface area contributed by atoms with Crippen molar-refractivity contribution in [2.24, 2.45) is 11.7 Å². The second-order valence-corrected chi connectivity index (χ2v) is 8.15. The highest BCUT2D eigenvalue weighted by Gasteiger charge is 2.43. The van der Waals surface area contributed by atoms with Crippen molar-refractivity contribution in [3.63, 3.8) is 0 Å². The Labute approximate surface area is 168 Å². The average molecular weight is 427 g/mol. The first kappa shape index (κ1) is 20.6. The van der Waals surface area contributed by atoms with Crippen LogP contribution in [0, 0.1) is 11.7 Å². The molecule has 2 atom stereocenters. The van der Waals surface area contributed by atoms with Crippen LogP contribution >= 0.6 is 0 Å². The third kappa shape index (κ3) is 3.32. The maximum absolute atomic E-state index is 15.1. The van der Waals surface area contributed by atoms with Crippen molar-refractivity contribution in [3.8, 4) is 0 Å². The summed E-state index contributed by atoms with van der Waals surface area (Å²) in [6.45, 7) is 2.14. The predicted molar refractivity (Wildman–Crippen MR) is 102 cm³/mol. The quantitative estimate of drug-likeness (QED) is 0.731. The molecule has 4 rings (SSSR count). The van der Waals surface area contributed by atoms with Crippen LogP contribution in [0.1, 0.15) is 48.1 Å². The highest BCUT2D eigenvalue weighted by atomic mass is 19.4. The van der Waals surface area contributed by atoms with E-state index in [1.165, 1.54) is 9.47 Å². The molecule has 6 nitrogen and oxygen atoms in total. The molecule has 1 aliphatic carbocycles. The van der Waals surface area contributed by atoms with Gasteiger partial charge < -0.3 is 20.3 Å². The predicted octanol–water partition coefficient (Wildman–Crippen LogP) is 3.37. The number of pyridine rings is 1. The molecule has 2 aromatic rings. The highest BCUT2D eigenvalue weighted by Crippen LogP contribution is 2.46. The fourth-order valence-corrected chi connectivity index (χ4v) is 4.27. The molecular formula is C20H21F4N3O3. The van der Waals surface area contributed by atoms with E-state index in [1.54, 1.807) is 6.92 Å². The Bertz CT molecular complexity index is 1090. The average Bonchev–Trinajstić information content (AvgIpc) is 3.36. The fraction of sp³-hybridized carbons (Fsp3) is 0.500. The van der Waals surface area contributed by atoms with Gasteiger partial charge in [0.2, 0.25) is 5.43 Å². The molecule has 10 heteroatoms. The number of carboxylic acid groups (broad SMARTS) is 1. The summed E-state index contributed by atoms with van der Waals surface area (Å²) < 4.78 is 59.1. The van der Waals surface area contributed by atoms with E-state index < -0.39 is 51.1 Å². The van der Waals surface area contributed by atoms with Gasteiger partial charge in [-0.1, -0.05) is 0 Å². The number of hydrogen-bond acceptors (Lipinski definition) is 4. The number of benzene rings is 1. The Hall–Kier alpha value is -2.62. The number of fused-ring (bicyclic) bond motifs is 1. The van der Waals surface area contributed by atoms with Crippen molar-refractivity contribution in [2.45, 2.75) is 44.4 Å². The second kappa shape index (κ2) is 6.97. The Morgan fingerprint density at radius 2 is 1.97 bits per heavy atom. The van der Waals surface area contributed by atoms with Crippen LogP contribution in [0.25, 0.3) is 10.9 Å².